The van der Waals surface area contributed by atoms with Crippen LogP contribution in [0.5, 0.6) is 5.75 Å². The molecule has 0 aromatic heterocycles. The summed E-state index contributed by atoms with van der Waals surface area (Å²) in [6, 6.07) is 17.4. The fraction of sp³-hybridized carbons (Fsp3) is 0.462. The number of hydrogen-bond acceptors (Lipinski definition) is 7. The van der Waals surface area contributed by atoms with E-state index in [1.807, 2.05) is 36.4 Å². The number of nitrogens with one attached hydrogen (secondary N) is 2. The van der Waals surface area contributed by atoms with Crippen LogP contribution in [0, 0.1) is 17.8 Å². The lowest BCUT2D eigenvalue weighted by molar-refractivity contribution is -0.166. The number of esters is 1. The van der Waals surface area contributed by atoms with E-state index in [0.717, 1.165) is 48.4 Å². The Balaban J connectivity index is 1.44. The average molecular weight is 670 g/mol. The van der Waals surface area contributed by atoms with Crippen LogP contribution in [0.4, 0.5) is 0 Å². The van der Waals surface area contributed by atoms with E-state index < -0.39 is 47.2 Å². The van der Waals surface area contributed by atoms with E-state index in [9.17, 15) is 24.0 Å². The number of carbonyl (C=O) groups excluding carboxylic acids is 5. The number of hydrogen-bond donors (Lipinski definition) is 2. The standard InChI is InChI=1S/C39H47N3O7/c1-39(2,3)49-38(47)29(19-20-42-36(45)30-22-26-13-9-10-14-27(26)23-31(30)37(42)46)33(25-11-7-6-8-12-25)35(44)41-32(34(43)40-4)21-24-15-17-28(48-5)18-16-24/h9-10,13-18,22-23,25,29,32-33H,6-8,11-12,19-21H2,1-5H3,(H,40,43)(H,41,44). The van der Waals surface area contributed by atoms with Gasteiger partial charge in [-0.3, -0.25) is 28.9 Å². The van der Waals surface area contributed by atoms with Crippen LogP contribution in [-0.2, 0) is 25.5 Å². The van der Waals surface area contributed by atoms with Gasteiger partial charge in [-0.15, -0.1) is 0 Å². The zero-order valence-electron chi connectivity index (χ0n) is 29.0. The monoisotopic (exact) mass is 669 g/mol. The van der Waals surface area contributed by atoms with Gasteiger partial charge in [0.2, 0.25) is 11.8 Å². The van der Waals surface area contributed by atoms with Gasteiger partial charge in [-0.05, 0) is 86.6 Å². The zero-order valence-corrected chi connectivity index (χ0v) is 29.0. The maximum absolute atomic E-state index is 14.4. The molecule has 0 bridgehead atoms. The Hall–Kier alpha value is -4.73. The Kier molecular flexibility index (Phi) is 11.1. The number of nitrogens with zero attached hydrogens (tertiary/aromatic N) is 1. The van der Waals surface area contributed by atoms with Gasteiger partial charge in [0, 0.05) is 20.0 Å². The molecule has 1 saturated carbocycles. The summed E-state index contributed by atoms with van der Waals surface area (Å²) in [5.41, 5.74) is 0.639. The molecule has 49 heavy (non-hydrogen) atoms. The highest BCUT2D eigenvalue weighted by Crippen LogP contribution is 2.38. The minimum absolute atomic E-state index is 0.0393. The first-order chi connectivity index (χ1) is 23.4. The molecule has 3 unspecified atom stereocenters. The first kappa shape index (κ1) is 35.6. The highest BCUT2D eigenvalue weighted by molar-refractivity contribution is 6.23. The van der Waals surface area contributed by atoms with Gasteiger partial charge in [-0.1, -0.05) is 55.7 Å². The van der Waals surface area contributed by atoms with Crippen LogP contribution in [0.25, 0.3) is 10.8 Å². The summed E-state index contributed by atoms with van der Waals surface area (Å²) >= 11 is 0. The third kappa shape index (κ3) is 8.29. The van der Waals surface area contributed by atoms with Crippen molar-refractivity contribution in [2.24, 2.45) is 17.8 Å². The molecule has 3 aromatic rings. The summed E-state index contributed by atoms with van der Waals surface area (Å²) in [6.45, 7) is 5.24. The number of rotatable bonds is 12. The lowest BCUT2D eigenvalue weighted by atomic mass is 9.72. The van der Waals surface area contributed by atoms with E-state index in [1.54, 1.807) is 52.1 Å². The van der Waals surface area contributed by atoms with Gasteiger partial charge >= 0.3 is 5.97 Å². The summed E-state index contributed by atoms with van der Waals surface area (Å²) in [6.07, 6.45) is 4.59. The molecule has 5 rings (SSSR count). The van der Waals surface area contributed by atoms with Gasteiger partial charge < -0.3 is 20.1 Å². The van der Waals surface area contributed by atoms with Crippen molar-refractivity contribution in [3.8, 4) is 5.75 Å². The van der Waals surface area contributed by atoms with Crippen LogP contribution in [-0.4, -0.2) is 66.8 Å². The number of fused-ring (bicyclic) bond motifs is 2. The highest BCUT2D eigenvalue weighted by Gasteiger charge is 2.44. The average Bonchev–Trinajstić information content (AvgIpc) is 3.31. The van der Waals surface area contributed by atoms with Crippen molar-refractivity contribution in [3.05, 3.63) is 77.4 Å². The van der Waals surface area contributed by atoms with Crippen LogP contribution in [0.15, 0.2) is 60.7 Å². The zero-order chi connectivity index (χ0) is 35.3. The Bertz CT molecular complexity index is 1650. The third-order valence-electron chi connectivity index (χ3n) is 9.58. The van der Waals surface area contributed by atoms with Gasteiger partial charge in [-0.25, -0.2) is 0 Å². The summed E-state index contributed by atoms with van der Waals surface area (Å²) in [5.74, 6) is -3.46. The van der Waals surface area contributed by atoms with Crippen molar-refractivity contribution in [1.29, 1.82) is 0 Å². The van der Waals surface area contributed by atoms with E-state index in [0.29, 0.717) is 16.9 Å². The molecule has 2 aliphatic rings. The van der Waals surface area contributed by atoms with Gasteiger partial charge in [-0.2, -0.15) is 0 Å². The van der Waals surface area contributed by atoms with Gasteiger partial charge in [0.1, 0.15) is 17.4 Å². The van der Waals surface area contributed by atoms with E-state index >= 15 is 0 Å². The molecular formula is C39H47N3O7. The number of benzene rings is 3. The number of likely N-dealkylation sites (N-methyl/N-ethyl adjacent to an activating group) is 1. The van der Waals surface area contributed by atoms with E-state index in [4.69, 9.17) is 9.47 Å². The SMILES string of the molecule is CNC(=O)C(Cc1ccc(OC)cc1)NC(=O)C(C1CCCCC1)C(CCN1C(=O)c2cc3ccccc3cc2C1=O)C(=O)OC(C)(C)C. The van der Waals surface area contributed by atoms with Crippen LogP contribution in [0.2, 0.25) is 0 Å². The Morgan fingerprint density at radius 1 is 0.878 bits per heavy atom. The predicted molar refractivity (Wildman–Crippen MR) is 186 cm³/mol. The van der Waals surface area contributed by atoms with Crippen molar-refractivity contribution in [2.45, 2.75) is 77.4 Å². The highest BCUT2D eigenvalue weighted by atomic mass is 16.6. The first-order valence-corrected chi connectivity index (χ1v) is 17.2. The Morgan fingerprint density at radius 2 is 1.47 bits per heavy atom. The molecule has 4 amide bonds. The van der Waals surface area contributed by atoms with Crippen LogP contribution in [0.1, 0.15) is 85.6 Å². The number of carbonyl (C=O) groups is 5. The fourth-order valence-electron chi connectivity index (χ4n) is 7.14. The maximum atomic E-state index is 14.4. The molecule has 1 heterocycles. The topological polar surface area (TPSA) is 131 Å². The molecule has 0 spiro atoms. The quantitative estimate of drug-likeness (QED) is 0.193. The van der Waals surface area contributed by atoms with Crippen molar-refractivity contribution < 1.29 is 33.4 Å². The predicted octanol–water partition coefficient (Wildman–Crippen LogP) is 5.46. The van der Waals surface area contributed by atoms with Crippen molar-refractivity contribution >= 4 is 40.4 Å². The van der Waals surface area contributed by atoms with Crippen LogP contribution in [0.3, 0.4) is 0 Å². The molecule has 10 heteroatoms. The van der Waals surface area contributed by atoms with Crippen molar-refractivity contribution in [1.82, 2.24) is 15.5 Å². The largest absolute Gasteiger partial charge is 0.497 e. The van der Waals surface area contributed by atoms with Gasteiger partial charge in [0.25, 0.3) is 11.8 Å². The molecule has 10 nitrogen and oxygen atoms in total. The lowest BCUT2D eigenvalue weighted by Crippen LogP contribution is -2.52. The second-order valence-corrected chi connectivity index (χ2v) is 14.1. The van der Waals surface area contributed by atoms with E-state index in [1.165, 1.54) is 11.9 Å². The molecular weight excluding hydrogens is 622 g/mol. The van der Waals surface area contributed by atoms with E-state index in [-0.39, 0.29) is 31.2 Å². The molecule has 3 aromatic carbocycles. The third-order valence-corrected chi connectivity index (χ3v) is 9.58. The van der Waals surface area contributed by atoms with Crippen LogP contribution >= 0.6 is 0 Å². The molecule has 0 saturated heterocycles. The van der Waals surface area contributed by atoms with Crippen molar-refractivity contribution in [2.75, 3.05) is 20.7 Å². The maximum Gasteiger partial charge on any atom is 0.310 e. The van der Waals surface area contributed by atoms with E-state index in [2.05, 4.69) is 10.6 Å². The molecule has 1 aliphatic carbocycles. The number of amides is 4. The summed E-state index contributed by atoms with van der Waals surface area (Å²) in [4.78, 5) is 70.0. The molecule has 260 valence electrons. The smallest absolute Gasteiger partial charge is 0.310 e. The molecule has 1 fully saturated rings. The Morgan fingerprint density at radius 3 is 2.00 bits per heavy atom. The molecule has 3 atom stereocenters. The number of methoxy groups -OCH3 is 1. The normalized spacial score (nSPS) is 16.9. The number of ether oxygens (including phenoxy) is 2. The fourth-order valence-corrected chi connectivity index (χ4v) is 7.14. The summed E-state index contributed by atoms with van der Waals surface area (Å²) in [5, 5.41) is 7.34. The number of imide groups is 1. The summed E-state index contributed by atoms with van der Waals surface area (Å²) in [7, 11) is 3.09. The minimum atomic E-state index is -0.961. The van der Waals surface area contributed by atoms with Gasteiger partial charge in [0.05, 0.1) is 30.1 Å². The van der Waals surface area contributed by atoms with Gasteiger partial charge in [0.15, 0.2) is 0 Å². The second kappa shape index (κ2) is 15.2. The van der Waals surface area contributed by atoms with Crippen molar-refractivity contribution in [3.63, 3.8) is 0 Å². The van der Waals surface area contributed by atoms with Crippen LogP contribution < -0.4 is 15.4 Å². The first-order valence-electron chi connectivity index (χ1n) is 17.2. The lowest BCUT2D eigenvalue weighted by Gasteiger charge is -2.36. The second-order valence-electron chi connectivity index (χ2n) is 14.1. The summed E-state index contributed by atoms with van der Waals surface area (Å²) < 4.78 is 11.2. The Labute approximate surface area is 287 Å². The molecule has 0 radical (unpaired) electrons. The molecule has 2 N–H and O–H groups in total. The molecule has 1 aliphatic heterocycles. The minimum Gasteiger partial charge on any atom is -0.497 e.